The lowest BCUT2D eigenvalue weighted by atomic mass is 10.1. The smallest absolute Gasteiger partial charge is 0.143 e. The molecule has 88 valence electrons. The number of aromatic nitrogens is 1. The molecular weight excluding hydrogens is 345 g/mol. The number of nitrogens with zero attached hydrogens (tertiary/aromatic N) is 1. The molecule has 2 aromatic rings. The molecule has 2 rings (SSSR count). The molecule has 0 fully saturated rings. The number of hydrogen-bond donors (Lipinski definition) is 0. The number of halogens is 1. The van der Waals surface area contributed by atoms with Crippen molar-refractivity contribution in [2.45, 2.75) is 19.8 Å². The minimum atomic E-state index is 0.219. The van der Waals surface area contributed by atoms with Crippen LogP contribution in [0.4, 0.5) is 0 Å². The van der Waals surface area contributed by atoms with E-state index in [1.807, 2.05) is 36.6 Å². The number of aryl methyl sites for hydroxylation is 1. The van der Waals surface area contributed by atoms with Gasteiger partial charge in [-0.05, 0) is 47.2 Å². The van der Waals surface area contributed by atoms with Crippen molar-refractivity contribution in [3.05, 3.63) is 49.5 Å². The summed E-state index contributed by atoms with van der Waals surface area (Å²) < 4.78 is 1.19. The Morgan fingerprint density at radius 2 is 2.00 bits per heavy atom. The molecule has 4 heteroatoms. The number of Topliss-reactive ketones (excluding diaryl/α,β-unsaturated/α-hetero) is 1. The van der Waals surface area contributed by atoms with Crippen molar-refractivity contribution in [2.24, 2.45) is 0 Å². The zero-order chi connectivity index (χ0) is 12.3. The van der Waals surface area contributed by atoms with Crippen molar-refractivity contribution < 1.29 is 4.79 Å². The van der Waals surface area contributed by atoms with Gasteiger partial charge in [-0.15, -0.1) is 11.3 Å². The molecule has 1 heterocycles. The van der Waals surface area contributed by atoms with Gasteiger partial charge in [-0.3, -0.25) is 4.79 Å². The Kier molecular flexibility index (Phi) is 4.28. The normalized spacial score (nSPS) is 10.5. The van der Waals surface area contributed by atoms with Crippen LogP contribution in [0.2, 0.25) is 0 Å². The van der Waals surface area contributed by atoms with E-state index < -0.39 is 0 Å². The third-order valence-electron chi connectivity index (χ3n) is 2.36. The van der Waals surface area contributed by atoms with Gasteiger partial charge in [-0.2, -0.15) is 0 Å². The summed E-state index contributed by atoms with van der Waals surface area (Å²) in [5.41, 5.74) is 1.96. The molecule has 0 saturated heterocycles. The molecule has 0 aliphatic heterocycles. The Balaban J connectivity index is 1.95. The Morgan fingerprint density at radius 1 is 1.29 bits per heavy atom. The Bertz CT molecular complexity index is 518. The standard InChI is InChI=1S/C13H12INOS/c1-9-15-12(8-17-9)7-13(16)6-10-2-4-11(14)5-3-10/h2-5,8H,6-7H2,1H3. The summed E-state index contributed by atoms with van der Waals surface area (Å²) in [6, 6.07) is 8.06. The number of rotatable bonds is 4. The molecule has 0 N–H and O–H groups in total. The summed E-state index contributed by atoms with van der Waals surface area (Å²) in [6.45, 7) is 1.96. The van der Waals surface area contributed by atoms with Gasteiger partial charge in [-0.25, -0.2) is 4.98 Å². The SMILES string of the molecule is Cc1nc(CC(=O)Cc2ccc(I)cc2)cs1. The van der Waals surface area contributed by atoms with Crippen LogP contribution in [0.1, 0.15) is 16.3 Å². The average Bonchev–Trinajstić information content (AvgIpc) is 2.67. The maximum atomic E-state index is 11.8. The average molecular weight is 357 g/mol. The number of carbonyl (C=O) groups is 1. The van der Waals surface area contributed by atoms with Crippen LogP contribution in [-0.4, -0.2) is 10.8 Å². The van der Waals surface area contributed by atoms with Crippen LogP contribution < -0.4 is 0 Å². The highest BCUT2D eigenvalue weighted by molar-refractivity contribution is 14.1. The van der Waals surface area contributed by atoms with Gasteiger partial charge in [0, 0.05) is 21.8 Å². The molecule has 0 saturated carbocycles. The zero-order valence-corrected chi connectivity index (χ0v) is 12.4. The third-order valence-corrected chi connectivity index (χ3v) is 3.90. The molecule has 0 unspecified atom stereocenters. The van der Waals surface area contributed by atoms with Crippen molar-refractivity contribution in [3.8, 4) is 0 Å². The van der Waals surface area contributed by atoms with Crippen LogP contribution in [0.3, 0.4) is 0 Å². The van der Waals surface area contributed by atoms with Gasteiger partial charge in [0.1, 0.15) is 5.78 Å². The first-order valence-electron chi connectivity index (χ1n) is 5.30. The second kappa shape index (κ2) is 5.73. The van der Waals surface area contributed by atoms with Crippen LogP contribution in [0.5, 0.6) is 0 Å². The molecular formula is C13H12INOS. The van der Waals surface area contributed by atoms with Gasteiger partial charge < -0.3 is 0 Å². The zero-order valence-electron chi connectivity index (χ0n) is 9.44. The van der Waals surface area contributed by atoms with Gasteiger partial charge in [0.25, 0.3) is 0 Å². The van der Waals surface area contributed by atoms with Crippen LogP contribution in [0.25, 0.3) is 0 Å². The molecule has 0 atom stereocenters. The molecule has 0 amide bonds. The first kappa shape index (κ1) is 12.7. The Hall–Kier alpha value is -0.750. The number of benzene rings is 1. The summed E-state index contributed by atoms with van der Waals surface area (Å²) in [5.74, 6) is 0.219. The monoisotopic (exact) mass is 357 g/mol. The number of carbonyl (C=O) groups excluding carboxylic acids is 1. The van der Waals surface area contributed by atoms with Crippen molar-refractivity contribution in [3.63, 3.8) is 0 Å². The number of hydrogen-bond acceptors (Lipinski definition) is 3. The van der Waals surface area contributed by atoms with E-state index in [0.717, 1.165) is 16.3 Å². The van der Waals surface area contributed by atoms with Gasteiger partial charge in [0.05, 0.1) is 10.7 Å². The molecule has 0 bridgehead atoms. The predicted octanol–water partition coefficient (Wildman–Crippen LogP) is 3.41. The Morgan fingerprint density at radius 3 is 2.59 bits per heavy atom. The summed E-state index contributed by atoms with van der Waals surface area (Å²) >= 11 is 3.85. The van der Waals surface area contributed by atoms with Gasteiger partial charge in [0.2, 0.25) is 0 Å². The molecule has 0 spiro atoms. The topological polar surface area (TPSA) is 30.0 Å². The van der Waals surface area contributed by atoms with E-state index in [4.69, 9.17) is 0 Å². The summed E-state index contributed by atoms with van der Waals surface area (Å²) in [4.78, 5) is 16.1. The van der Waals surface area contributed by atoms with Crippen molar-refractivity contribution in [1.29, 1.82) is 0 Å². The highest BCUT2D eigenvalue weighted by Gasteiger charge is 2.07. The van der Waals surface area contributed by atoms with Crippen LogP contribution in [0.15, 0.2) is 29.6 Å². The summed E-state index contributed by atoms with van der Waals surface area (Å²) in [6.07, 6.45) is 0.934. The minimum absolute atomic E-state index is 0.219. The maximum Gasteiger partial charge on any atom is 0.143 e. The lowest BCUT2D eigenvalue weighted by Gasteiger charge is -2.00. The van der Waals surface area contributed by atoms with Crippen molar-refractivity contribution in [2.75, 3.05) is 0 Å². The first-order chi connectivity index (χ1) is 8.13. The number of ketones is 1. The van der Waals surface area contributed by atoms with Gasteiger partial charge >= 0.3 is 0 Å². The van der Waals surface area contributed by atoms with Crippen LogP contribution >= 0.6 is 33.9 Å². The fourth-order valence-corrected chi connectivity index (χ4v) is 2.56. The van der Waals surface area contributed by atoms with E-state index in [1.54, 1.807) is 11.3 Å². The highest BCUT2D eigenvalue weighted by atomic mass is 127. The minimum Gasteiger partial charge on any atom is -0.299 e. The largest absolute Gasteiger partial charge is 0.299 e. The van der Waals surface area contributed by atoms with Gasteiger partial charge in [-0.1, -0.05) is 12.1 Å². The molecule has 0 radical (unpaired) electrons. The van der Waals surface area contributed by atoms with E-state index in [9.17, 15) is 4.79 Å². The molecule has 17 heavy (non-hydrogen) atoms. The second-order valence-corrected chi connectivity index (χ2v) is 6.18. The van der Waals surface area contributed by atoms with Gasteiger partial charge in [0.15, 0.2) is 0 Å². The number of thiazole rings is 1. The van der Waals surface area contributed by atoms with E-state index in [1.165, 1.54) is 3.57 Å². The quantitative estimate of drug-likeness (QED) is 0.785. The molecule has 0 aliphatic carbocycles. The lowest BCUT2D eigenvalue weighted by Crippen LogP contribution is -2.06. The summed E-state index contributed by atoms with van der Waals surface area (Å²) in [7, 11) is 0. The van der Waals surface area contributed by atoms with Crippen molar-refractivity contribution in [1.82, 2.24) is 4.98 Å². The van der Waals surface area contributed by atoms with E-state index in [0.29, 0.717) is 12.8 Å². The second-order valence-electron chi connectivity index (χ2n) is 3.88. The predicted molar refractivity (Wildman–Crippen MR) is 78.4 cm³/mol. The summed E-state index contributed by atoms with van der Waals surface area (Å²) in [5, 5.41) is 2.98. The van der Waals surface area contributed by atoms with Crippen LogP contribution in [0, 0.1) is 10.5 Å². The molecule has 0 aliphatic rings. The Labute approximate surface area is 118 Å². The highest BCUT2D eigenvalue weighted by Crippen LogP contribution is 2.11. The third kappa shape index (κ3) is 3.89. The van der Waals surface area contributed by atoms with E-state index >= 15 is 0 Å². The van der Waals surface area contributed by atoms with E-state index in [-0.39, 0.29) is 5.78 Å². The maximum absolute atomic E-state index is 11.8. The molecule has 1 aromatic heterocycles. The van der Waals surface area contributed by atoms with Crippen molar-refractivity contribution >= 4 is 39.7 Å². The molecule has 2 nitrogen and oxygen atoms in total. The lowest BCUT2D eigenvalue weighted by molar-refractivity contribution is -0.117. The van der Waals surface area contributed by atoms with Crippen LogP contribution in [-0.2, 0) is 17.6 Å². The fourth-order valence-electron chi connectivity index (χ4n) is 1.58. The molecule has 1 aromatic carbocycles. The fraction of sp³-hybridized carbons (Fsp3) is 0.231. The first-order valence-corrected chi connectivity index (χ1v) is 7.26. The van der Waals surface area contributed by atoms with E-state index in [2.05, 4.69) is 27.6 Å².